The van der Waals surface area contributed by atoms with Gasteiger partial charge in [0.25, 0.3) is 5.91 Å². The highest BCUT2D eigenvalue weighted by atomic mass is 16.3. The van der Waals surface area contributed by atoms with Crippen molar-refractivity contribution in [2.45, 2.75) is 50.8 Å². The molecule has 3 aliphatic carbocycles. The molecule has 4 atom stereocenters. The Balaban J connectivity index is 1.61. The lowest BCUT2D eigenvalue weighted by atomic mass is 9.58. The molecule has 0 aromatic heterocycles. The fourth-order valence-electron chi connectivity index (χ4n) is 7.05. The van der Waals surface area contributed by atoms with Crippen molar-refractivity contribution < 1.29 is 34.8 Å². The maximum Gasteiger partial charge on any atom is 0.255 e. The van der Waals surface area contributed by atoms with E-state index < -0.39 is 58.0 Å². The lowest BCUT2D eigenvalue weighted by Gasteiger charge is -2.50. The number of nitrogens with zero attached hydrogens (tertiary/aromatic N) is 2. The number of aliphatic hydroxyl groups is 3. The first-order valence-corrected chi connectivity index (χ1v) is 14.6. The number of allylic oxidation sites excluding steroid dienone is 1. The van der Waals surface area contributed by atoms with Crippen LogP contribution in [0.15, 0.2) is 53.0 Å². The number of phenols is 1. The molecule has 0 fully saturated rings. The van der Waals surface area contributed by atoms with Crippen molar-refractivity contribution in [3.8, 4) is 5.75 Å². The molecule has 5 rings (SSSR count). The van der Waals surface area contributed by atoms with Crippen molar-refractivity contribution in [1.82, 2.24) is 4.90 Å². The molecule has 0 spiro atoms. The van der Waals surface area contributed by atoms with Gasteiger partial charge in [-0.15, -0.1) is 0 Å². The highest BCUT2D eigenvalue weighted by Crippen LogP contribution is 2.54. The number of benzene rings is 2. The minimum atomic E-state index is -2.68. The Hall–Kier alpha value is -4.35. The summed E-state index contributed by atoms with van der Waals surface area (Å²) in [4.78, 5) is 43.3. The predicted molar refractivity (Wildman–Crippen MR) is 166 cm³/mol. The number of hydrogen-bond donors (Lipinski definition) is 6. The number of anilines is 2. The van der Waals surface area contributed by atoms with Gasteiger partial charge in [-0.2, -0.15) is 0 Å². The summed E-state index contributed by atoms with van der Waals surface area (Å²) >= 11 is 0. The number of ketones is 2. The van der Waals surface area contributed by atoms with E-state index in [4.69, 9.17) is 5.73 Å². The van der Waals surface area contributed by atoms with Gasteiger partial charge in [-0.25, -0.2) is 0 Å². The van der Waals surface area contributed by atoms with Crippen LogP contribution in [0, 0.1) is 11.8 Å². The van der Waals surface area contributed by atoms with Crippen molar-refractivity contribution in [2.75, 3.05) is 38.4 Å². The molecule has 0 aliphatic heterocycles. The van der Waals surface area contributed by atoms with E-state index in [1.165, 1.54) is 10.5 Å². The summed E-state index contributed by atoms with van der Waals surface area (Å²) in [5.41, 5.74) is 5.42. The van der Waals surface area contributed by atoms with Crippen molar-refractivity contribution >= 4 is 28.8 Å². The first kappa shape index (κ1) is 31.1. The van der Waals surface area contributed by atoms with E-state index in [0.29, 0.717) is 29.4 Å². The molecular formula is C33H40N4O7. The Morgan fingerprint density at radius 2 is 1.73 bits per heavy atom. The van der Waals surface area contributed by atoms with Crippen LogP contribution in [0.1, 0.15) is 53.2 Å². The van der Waals surface area contributed by atoms with E-state index in [1.807, 2.05) is 43.3 Å². The number of likely N-dealkylation sites (N-methyl/N-ethyl adjacent to an activating group) is 1. The van der Waals surface area contributed by atoms with E-state index in [9.17, 15) is 34.8 Å². The van der Waals surface area contributed by atoms with Crippen LogP contribution < -0.4 is 16.0 Å². The van der Waals surface area contributed by atoms with Crippen molar-refractivity contribution in [3.63, 3.8) is 0 Å². The zero-order valence-electron chi connectivity index (χ0n) is 25.8. The number of phenolic OH excluding ortho intramolecular Hbond substituents is 1. The van der Waals surface area contributed by atoms with Crippen LogP contribution in [0.4, 0.5) is 11.4 Å². The van der Waals surface area contributed by atoms with Crippen LogP contribution in [0.2, 0.25) is 0 Å². The number of carbonyl (C=O) groups is 3. The number of nitrogens with two attached hydrogens (primary N) is 1. The number of aromatic hydroxyl groups is 1. The molecule has 11 nitrogen and oxygen atoms in total. The number of hydrogen-bond acceptors (Lipinski definition) is 10. The van der Waals surface area contributed by atoms with Gasteiger partial charge in [0, 0.05) is 37.8 Å². The summed E-state index contributed by atoms with van der Waals surface area (Å²) in [5, 5.41) is 49.0. The van der Waals surface area contributed by atoms with E-state index >= 15 is 0 Å². The predicted octanol–water partition coefficient (Wildman–Crippen LogP) is 2.92. The molecule has 0 radical (unpaired) electrons. The number of primary amides is 1. The Morgan fingerprint density at radius 1 is 1.09 bits per heavy atom. The minimum absolute atomic E-state index is 0.0327. The fraction of sp³-hybridized carbons (Fsp3) is 0.424. The molecule has 4 unspecified atom stereocenters. The van der Waals surface area contributed by atoms with Gasteiger partial charge < -0.3 is 36.4 Å². The number of amides is 1. The minimum Gasteiger partial charge on any atom is -0.510 e. The molecule has 2 aromatic carbocycles. The smallest absolute Gasteiger partial charge is 0.255 e. The third-order valence-electron chi connectivity index (χ3n) is 9.31. The lowest BCUT2D eigenvalue weighted by molar-refractivity contribution is -0.148. The van der Waals surface area contributed by atoms with E-state index in [0.717, 1.165) is 5.56 Å². The van der Waals surface area contributed by atoms with Gasteiger partial charge in [0.05, 0.1) is 17.3 Å². The van der Waals surface area contributed by atoms with Crippen LogP contribution >= 0.6 is 0 Å². The Kier molecular flexibility index (Phi) is 7.75. The van der Waals surface area contributed by atoms with E-state index in [1.54, 1.807) is 20.2 Å². The van der Waals surface area contributed by atoms with Gasteiger partial charge in [0.1, 0.15) is 22.8 Å². The molecular weight excluding hydrogens is 564 g/mol. The first-order valence-electron chi connectivity index (χ1n) is 14.6. The molecule has 0 bridgehead atoms. The van der Waals surface area contributed by atoms with Gasteiger partial charge in [-0.1, -0.05) is 38.1 Å². The third kappa shape index (κ3) is 4.62. The third-order valence-corrected chi connectivity index (χ3v) is 9.31. The van der Waals surface area contributed by atoms with Crippen LogP contribution in [0.25, 0.3) is 0 Å². The molecule has 234 valence electrons. The van der Waals surface area contributed by atoms with Crippen molar-refractivity contribution in [3.05, 3.63) is 75.3 Å². The second-order valence-electron chi connectivity index (χ2n) is 12.8. The Bertz CT molecular complexity index is 1620. The highest BCUT2D eigenvalue weighted by molar-refractivity contribution is 6.25. The van der Waals surface area contributed by atoms with Gasteiger partial charge in [0.2, 0.25) is 5.78 Å². The van der Waals surface area contributed by atoms with Crippen LogP contribution in [0.3, 0.4) is 0 Å². The maximum atomic E-state index is 14.2. The maximum absolute atomic E-state index is 14.2. The molecule has 0 saturated heterocycles. The van der Waals surface area contributed by atoms with Gasteiger partial charge in [0.15, 0.2) is 11.4 Å². The summed E-state index contributed by atoms with van der Waals surface area (Å²) in [6, 6.07) is 8.83. The zero-order valence-corrected chi connectivity index (χ0v) is 25.8. The van der Waals surface area contributed by atoms with Gasteiger partial charge >= 0.3 is 0 Å². The van der Waals surface area contributed by atoms with Crippen LogP contribution in [-0.4, -0.2) is 82.6 Å². The summed E-state index contributed by atoms with van der Waals surface area (Å²) in [6.45, 7) is 4.60. The average Bonchev–Trinajstić information content (AvgIpc) is 2.94. The second-order valence-corrected chi connectivity index (χ2v) is 12.8. The SMILES string of the molecule is CC(C)c1ccc(CNc2cc(N(C)C)c3c(c2O)C(=O)C2=C(O)C4(O)C(=O)C(C(N)=O)=C(O)C(N(C)C)C4CC2C3)cc1. The average molecular weight is 605 g/mol. The Labute approximate surface area is 256 Å². The summed E-state index contributed by atoms with van der Waals surface area (Å²) in [6.07, 6.45) is 0.248. The zero-order chi connectivity index (χ0) is 32.4. The standard InChI is InChI=1S/C33H40N4O7/c1-15(2)17-9-7-16(8-10-17)14-35-21-13-22(36(3)4)19-11-18-12-20-26(37(5)6)29(40)25(32(34)43)31(42)33(20,44)30(41)23(18)28(39)24(19)27(21)38/h7-10,13,15,18,20,26,35,38,40-41,44H,11-12,14H2,1-6H3,(H2,34,43). The molecule has 2 aromatic rings. The number of carbonyl (C=O) groups excluding carboxylic acids is 3. The molecule has 0 heterocycles. The number of aliphatic hydroxyl groups excluding tert-OH is 2. The molecule has 44 heavy (non-hydrogen) atoms. The lowest BCUT2D eigenvalue weighted by Crippen LogP contribution is -2.63. The quantitative estimate of drug-likeness (QED) is 0.203. The number of nitrogens with one attached hydrogen (secondary N) is 1. The molecule has 7 N–H and O–H groups in total. The molecule has 1 amide bonds. The summed E-state index contributed by atoms with van der Waals surface area (Å²) in [5.74, 6) is -6.35. The van der Waals surface area contributed by atoms with Crippen molar-refractivity contribution in [1.29, 1.82) is 0 Å². The second kappa shape index (κ2) is 11.0. The largest absolute Gasteiger partial charge is 0.510 e. The monoisotopic (exact) mass is 604 g/mol. The van der Waals surface area contributed by atoms with E-state index in [-0.39, 0.29) is 29.7 Å². The van der Waals surface area contributed by atoms with Crippen LogP contribution in [0.5, 0.6) is 5.75 Å². The van der Waals surface area contributed by atoms with Crippen molar-refractivity contribution in [2.24, 2.45) is 17.6 Å². The number of rotatable bonds is 7. The van der Waals surface area contributed by atoms with E-state index in [2.05, 4.69) is 19.2 Å². The van der Waals surface area contributed by atoms with Gasteiger partial charge in [-0.3, -0.25) is 19.3 Å². The summed E-state index contributed by atoms with van der Waals surface area (Å²) < 4.78 is 0. The fourth-order valence-corrected chi connectivity index (χ4v) is 7.05. The molecule has 3 aliphatic rings. The van der Waals surface area contributed by atoms with Gasteiger partial charge in [-0.05, 0) is 61.5 Å². The number of Topliss-reactive ketones (excluding diaryl/α,β-unsaturated/α-hetero) is 2. The van der Waals surface area contributed by atoms with Crippen LogP contribution in [-0.2, 0) is 22.6 Å². The highest BCUT2D eigenvalue weighted by Gasteiger charge is 2.63. The Morgan fingerprint density at radius 3 is 2.27 bits per heavy atom. The number of fused-ring (bicyclic) bond motifs is 3. The summed E-state index contributed by atoms with van der Waals surface area (Å²) in [7, 11) is 6.85. The molecule has 0 saturated carbocycles. The topological polar surface area (TPSA) is 177 Å². The normalized spacial score (nSPS) is 24.8. The first-order chi connectivity index (χ1) is 20.6. The molecule has 11 heteroatoms.